The van der Waals surface area contributed by atoms with E-state index in [2.05, 4.69) is 4.72 Å². The smallest absolute Gasteiger partial charge is 0.416 e. The molecule has 5 nitrogen and oxygen atoms in total. The van der Waals surface area contributed by atoms with E-state index < -0.39 is 44.2 Å². The molecule has 0 saturated carbocycles. The molecule has 1 aromatic carbocycles. The van der Waals surface area contributed by atoms with Gasteiger partial charge in [-0.05, 0) is 31.0 Å². The summed E-state index contributed by atoms with van der Waals surface area (Å²) >= 11 is 0. The molecule has 1 aliphatic carbocycles. The maximum absolute atomic E-state index is 12.8. The van der Waals surface area contributed by atoms with Gasteiger partial charge in [0.1, 0.15) is 0 Å². The van der Waals surface area contributed by atoms with E-state index in [4.69, 9.17) is 5.11 Å². The number of carbonyl (C=O) groups is 1. The second-order valence-corrected chi connectivity index (χ2v) is 6.50. The molecule has 0 aromatic heterocycles. The number of hydrogen-bond acceptors (Lipinski definition) is 3. The predicted molar refractivity (Wildman–Crippen MR) is 70.9 cm³/mol. The number of carboxylic acids is 1. The van der Waals surface area contributed by atoms with Gasteiger partial charge in [-0.2, -0.15) is 13.2 Å². The van der Waals surface area contributed by atoms with Crippen molar-refractivity contribution in [2.24, 2.45) is 0 Å². The minimum Gasteiger partial charge on any atom is -0.478 e. The fourth-order valence-corrected chi connectivity index (χ4v) is 3.33. The molecule has 120 valence electrons. The van der Waals surface area contributed by atoms with Crippen molar-refractivity contribution in [1.29, 1.82) is 0 Å². The Hall–Kier alpha value is -1.87. The van der Waals surface area contributed by atoms with Crippen LogP contribution in [0.25, 0.3) is 0 Å². The van der Waals surface area contributed by atoms with Gasteiger partial charge in [0.2, 0.25) is 10.0 Å². The summed E-state index contributed by atoms with van der Waals surface area (Å²) in [6.07, 6.45) is -0.325. The van der Waals surface area contributed by atoms with Crippen molar-refractivity contribution in [3.63, 3.8) is 0 Å². The van der Waals surface area contributed by atoms with Gasteiger partial charge in [-0.25, -0.2) is 17.9 Å². The van der Waals surface area contributed by atoms with E-state index in [-0.39, 0.29) is 0 Å². The molecule has 2 N–H and O–H groups in total. The highest BCUT2D eigenvalue weighted by molar-refractivity contribution is 7.89. The minimum atomic E-state index is -4.84. The number of halogens is 3. The van der Waals surface area contributed by atoms with Crippen LogP contribution in [0.1, 0.15) is 28.8 Å². The Morgan fingerprint density at radius 1 is 1.27 bits per heavy atom. The van der Waals surface area contributed by atoms with Gasteiger partial charge in [-0.15, -0.1) is 0 Å². The van der Waals surface area contributed by atoms with Gasteiger partial charge >= 0.3 is 12.1 Å². The van der Waals surface area contributed by atoms with Gasteiger partial charge in [-0.3, -0.25) is 0 Å². The zero-order chi connectivity index (χ0) is 16.5. The molecule has 0 aliphatic heterocycles. The quantitative estimate of drug-likeness (QED) is 0.828. The van der Waals surface area contributed by atoms with E-state index in [0.717, 1.165) is 0 Å². The summed E-state index contributed by atoms with van der Waals surface area (Å²) in [6.45, 7) is 0. The number of carboxylic acid groups (broad SMARTS) is 1. The molecule has 0 saturated heterocycles. The molecular formula is C13H12F3NO4S. The molecule has 0 spiro atoms. The van der Waals surface area contributed by atoms with Crippen molar-refractivity contribution in [2.45, 2.75) is 30.0 Å². The Morgan fingerprint density at radius 3 is 2.45 bits per heavy atom. The average Bonchev–Trinajstić information content (AvgIpc) is 2.89. The molecule has 0 fully saturated rings. The van der Waals surface area contributed by atoms with Crippen LogP contribution in [0.15, 0.2) is 35.2 Å². The Morgan fingerprint density at radius 2 is 1.95 bits per heavy atom. The minimum absolute atomic E-state index is 0.400. The Kier molecular flexibility index (Phi) is 4.30. The standard InChI is InChI=1S/C13H12F3NO4S/c14-13(15,16)9-5-8(12(18)19)6-11(7-9)22(20,21)17-10-3-1-2-4-10/h1,3,5-7,10,17H,2,4H2,(H,18,19). The number of aromatic carboxylic acids is 1. The Bertz CT molecular complexity index is 725. The zero-order valence-corrected chi connectivity index (χ0v) is 11.9. The first-order valence-corrected chi connectivity index (χ1v) is 7.72. The van der Waals surface area contributed by atoms with Crippen LogP contribution in [0.3, 0.4) is 0 Å². The number of sulfonamides is 1. The number of hydrogen-bond donors (Lipinski definition) is 2. The van der Waals surface area contributed by atoms with Crippen LogP contribution < -0.4 is 4.72 Å². The molecule has 2 rings (SSSR count). The number of alkyl halides is 3. The van der Waals surface area contributed by atoms with Crippen LogP contribution in [0.2, 0.25) is 0 Å². The molecule has 1 aromatic rings. The van der Waals surface area contributed by atoms with Gasteiger partial charge in [0.25, 0.3) is 0 Å². The average molecular weight is 335 g/mol. The highest BCUT2D eigenvalue weighted by Crippen LogP contribution is 2.32. The zero-order valence-electron chi connectivity index (χ0n) is 11.1. The molecule has 22 heavy (non-hydrogen) atoms. The topological polar surface area (TPSA) is 83.5 Å². The molecule has 0 radical (unpaired) electrons. The number of rotatable bonds is 4. The van der Waals surface area contributed by atoms with E-state index in [9.17, 15) is 26.4 Å². The van der Waals surface area contributed by atoms with Crippen molar-refractivity contribution in [2.75, 3.05) is 0 Å². The third-order valence-corrected chi connectivity index (χ3v) is 4.58. The Labute approximate surface area is 124 Å². The maximum atomic E-state index is 12.8. The van der Waals surface area contributed by atoms with Crippen LogP contribution in [0.4, 0.5) is 13.2 Å². The van der Waals surface area contributed by atoms with Crippen molar-refractivity contribution >= 4 is 16.0 Å². The summed E-state index contributed by atoms with van der Waals surface area (Å²) in [6, 6.07) is 1.02. The van der Waals surface area contributed by atoms with Gasteiger partial charge in [0, 0.05) is 6.04 Å². The van der Waals surface area contributed by atoms with Crippen LogP contribution >= 0.6 is 0 Å². The van der Waals surface area contributed by atoms with E-state index >= 15 is 0 Å². The van der Waals surface area contributed by atoms with Gasteiger partial charge < -0.3 is 5.11 Å². The molecule has 1 unspecified atom stereocenters. The Balaban J connectivity index is 2.46. The molecule has 1 aliphatic rings. The normalized spacial score (nSPS) is 18.6. The van der Waals surface area contributed by atoms with Crippen LogP contribution in [0, 0.1) is 0 Å². The molecule has 0 amide bonds. The maximum Gasteiger partial charge on any atom is 0.416 e. The number of allylic oxidation sites excluding steroid dienone is 1. The first kappa shape index (κ1) is 16.5. The SMILES string of the molecule is O=C(O)c1cc(C(F)(F)F)cc(S(=O)(=O)NC2C=CCC2)c1. The molecule has 1 atom stereocenters. The fourth-order valence-electron chi connectivity index (χ4n) is 2.04. The van der Waals surface area contributed by atoms with E-state index in [1.54, 1.807) is 12.2 Å². The number of benzene rings is 1. The lowest BCUT2D eigenvalue weighted by Crippen LogP contribution is -2.32. The largest absolute Gasteiger partial charge is 0.478 e. The lowest BCUT2D eigenvalue weighted by Gasteiger charge is -2.14. The van der Waals surface area contributed by atoms with Crippen LogP contribution in [-0.2, 0) is 16.2 Å². The van der Waals surface area contributed by atoms with Crippen molar-refractivity contribution in [3.8, 4) is 0 Å². The third-order valence-electron chi connectivity index (χ3n) is 3.11. The fraction of sp³-hybridized carbons (Fsp3) is 0.308. The number of nitrogens with one attached hydrogen (secondary N) is 1. The summed E-state index contributed by atoms with van der Waals surface area (Å²) in [5, 5.41) is 8.86. The summed E-state index contributed by atoms with van der Waals surface area (Å²) in [4.78, 5) is 10.2. The monoisotopic (exact) mass is 335 g/mol. The summed E-state index contributed by atoms with van der Waals surface area (Å²) < 4.78 is 64.9. The molecule has 0 heterocycles. The van der Waals surface area contributed by atoms with E-state index in [1.807, 2.05) is 0 Å². The summed E-state index contributed by atoms with van der Waals surface area (Å²) in [7, 11) is -4.25. The van der Waals surface area contributed by atoms with Gasteiger partial charge in [0.15, 0.2) is 0 Å². The van der Waals surface area contributed by atoms with Gasteiger partial charge in [-0.1, -0.05) is 12.2 Å². The highest BCUT2D eigenvalue weighted by atomic mass is 32.2. The van der Waals surface area contributed by atoms with Crippen molar-refractivity contribution in [3.05, 3.63) is 41.5 Å². The summed E-state index contributed by atoms with van der Waals surface area (Å²) in [5.74, 6) is -1.64. The van der Waals surface area contributed by atoms with Crippen LogP contribution in [-0.4, -0.2) is 25.5 Å². The second kappa shape index (κ2) is 5.73. The van der Waals surface area contributed by atoms with Crippen LogP contribution in [0.5, 0.6) is 0 Å². The molecule has 9 heteroatoms. The first-order valence-electron chi connectivity index (χ1n) is 6.24. The summed E-state index contributed by atoms with van der Waals surface area (Å²) in [5.41, 5.74) is -2.06. The highest BCUT2D eigenvalue weighted by Gasteiger charge is 2.33. The predicted octanol–water partition coefficient (Wildman–Crippen LogP) is 2.40. The van der Waals surface area contributed by atoms with Crippen molar-refractivity contribution < 1.29 is 31.5 Å². The molecular weight excluding hydrogens is 323 g/mol. The lowest BCUT2D eigenvalue weighted by atomic mass is 10.1. The van der Waals surface area contributed by atoms with Gasteiger partial charge in [0.05, 0.1) is 16.0 Å². The lowest BCUT2D eigenvalue weighted by molar-refractivity contribution is -0.137. The van der Waals surface area contributed by atoms with E-state index in [0.29, 0.717) is 31.0 Å². The van der Waals surface area contributed by atoms with E-state index in [1.165, 1.54) is 0 Å². The second-order valence-electron chi connectivity index (χ2n) is 4.78. The van der Waals surface area contributed by atoms with Crippen molar-refractivity contribution in [1.82, 2.24) is 4.72 Å². The first-order chi connectivity index (χ1) is 10.1. The molecule has 0 bridgehead atoms. The third kappa shape index (κ3) is 3.66.